The van der Waals surface area contributed by atoms with E-state index in [9.17, 15) is 22.8 Å². The minimum Gasteiger partial charge on any atom is -0.338 e. The maximum absolute atomic E-state index is 13.9. The molecule has 0 atom stereocenters. The Balaban J connectivity index is 1.49. The summed E-state index contributed by atoms with van der Waals surface area (Å²) in [4.78, 5) is 26.8. The first kappa shape index (κ1) is 22.8. The van der Waals surface area contributed by atoms with E-state index in [1.807, 2.05) is 6.07 Å². The van der Waals surface area contributed by atoms with Crippen LogP contribution in [0, 0.1) is 5.92 Å². The number of piperidine rings is 1. The molecular weight excluding hydrogens is 457 g/mol. The minimum atomic E-state index is -4.81. The molecule has 33 heavy (non-hydrogen) atoms. The zero-order chi connectivity index (χ0) is 23.6. The van der Waals surface area contributed by atoms with Crippen LogP contribution in [0.25, 0.3) is 5.69 Å². The van der Waals surface area contributed by atoms with Crippen molar-refractivity contribution >= 4 is 29.1 Å². The third kappa shape index (κ3) is 5.03. The molecule has 0 unspecified atom stereocenters. The highest BCUT2D eigenvalue weighted by Gasteiger charge is 2.42. The van der Waals surface area contributed by atoms with Crippen LogP contribution in [0.5, 0.6) is 0 Å². The summed E-state index contributed by atoms with van der Waals surface area (Å²) in [6, 6.07) is 14.8. The minimum absolute atomic E-state index is 0.102. The smallest absolute Gasteiger partial charge is 0.338 e. The van der Waals surface area contributed by atoms with Crippen LogP contribution < -0.4 is 5.32 Å². The average Bonchev–Trinajstić information content (AvgIpc) is 3.25. The summed E-state index contributed by atoms with van der Waals surface area (Å²) >= 11 is 5.91. The van der Waals surface area contributed by atoms with Crippen LogP contribution in [0.3, 0.4) is 0 Å². The Labute approximate surface area is 192 Å². The molecule has 1 N–H and O–H groups in total. The van der Waals surface area contributed by atoms with Crippen LogP contribution >= 0.6 is 11.6 Å². The molecule has 0 aliphatic carbocycles. The number of nitrogens with one attached hydrogen (secondary N) is 1. The number of halogens is 4. The topological polar surface area (TPSA) is 67.2 Å². The number of para-hydroxylation sites is 1. The van der Waals surface area contributed by atoms with Crippen LogP contribution in [0.15, 0.2) is 60.8 Å². The number of aromatic nitrogens is 2. The lowest BCUT2D eigenvalue weighted by Gasteiger charge is -2.31. The average molecular weight is 477 g/mol. The number of benzene rings is 2. The molecule has 2 aromatic carbocycles. The van der Waals surface area contributed by atoms with Gasteiger partial charge in [0.1, 0.15) is 0 Å². The van der Waals surface area contributed by atoms with Gasteiger partial charge in [0.15, 0.2) is 5.69 Å². The molecule has 4 rings (SSSR count). The van der Waals surface area contributed by atoms with Crippen LogP contribution in [0.2, 0.25) is 5.02 Å². The predicted molar refractivity (Wildman–Crippen MR) is 117 cm³/mol. The van der Waals surface area contributed by atoms with Gasteiger partial charge in [-0.15, -0.1) is 0 Å². The summed E-state index contributed by atoms with van der Waals surface area (Å²) in [5.41, 5.74) is -0.914. The highest BCUT2D eigenvalue weighted by Crippen LogP contribution is 2.35. The van der Waals surface area contributed by atoms with Gasteiger partial charge in [0.2, 0.25) is 5.91 Å². The van der Waals surface area contributed by atoms with Crippen molar-refractivity contribution in [1.82, 2.24) is 14.7 Å². The second-order valence-electron chi connectivity index (χ2n) is 7.72. The summed E-state index contributed by atoms with van der Waals surface area (Å²) in [7, 11) is 0. The molecule has 1 fully saturated rings. The lowest BCUT2D eigenvalue weighted by Crippen LogP contribution is -2.42. The van der Waals surface area contributed by atoms with Gasteiger partial charge in [-0.05, 0) is 43.2 Å². The van der Waals surface area contributed by atoms with Crippen LogP contribution in [-0.2, 0) is 11.0 Å². The van der Waals surface area contributed by atoms with Crippen molar-refractivity contribution in [2.45, 2.75) is 19.0 Å². The van der Waals surface area contributed by atoms with Crippen molar-refractivity contribution in [3.8, 4) is 5.69 Å². The normalized spacial score (nSPS) is 14.8. The summed E-state index contributed by atoms with van der Waals surface area (Å²) in [6.45, 7) is 0.344. The Kier molecular flexibility index (Phi) is 6.42. The molecule has 2 amide bonds. The van der Waals surface area contributed by atoms with E-state index in [0.29, 0.717) is 23.2 Å². The van der Waals surface area contributed by atoms with Crippen molar-refractivity contribution < 1.29 is 22.8 Å². The van der Waals surface area contributed by atoms with E-state index in [1.54, 1.807) is 24.3 Å². The Morgan fingerprint density at radius 1 is 1.03 bits per heavy atom. The number of anilines is 1. The van der Waals surface area contributed by atoms with Crippen molar-refractivity contribution in [3.05, 3.63) is 77.1 Å². The molecule has 1 aliphatic rings. The molecular formula is C23H20ClF3N4O2. The molecule has 0 radical (unpaired) electrons. The summed E-state index contributed by atoms with van der Waals surface area (Å²) in [6.07, 6.45) is -3.17. The molecule has 2 heterocycles. The lowest BCUT2D eigenvalue weighted by molar-refractivity contribution is -0.143. The molecule has 3 aromatic rings. The summed E-state index contributed by atoms with van der Waals surface area (Å²) < 4.78 is 42.4. The summed E-state index contributed by atoms with van der Waals surface area (Å²) in [5.74, 6) is -1.26. The molecule has 10 heteroatoms. The zero-order valence-electron chi connectivity index (χ0n) is 17.3. The number of nitrogens with zero attached hydrogens (tertiary/aromatic N) is 3. The highest BCUT2D eigenvalue weighted by molar-refractivity contribution is 6.30. The fourth-order valence-corrected chi connectivity index (χ4v) is 4.05. The van der Waals surface area contributed by atoms with E-state index in [2.05, 4.69) is 10.4 Å². The number of carbonyl (C=O) groups is 2. The van der Waals surface area contributed by atoms with Gasteiger partial charge in [0.25, 0.3) is 5.91 Å². The maximum Gasteiger partial charge on any atom is 0.434 e. The number of rotatable bonds is 4. The van der Waals surface area contributed by atoms with Gasteiger partial charge in [-0.2, -0.15) is 18.3 Å². The second-order valence-corrected chi connectivity index (χ2v) is 8.15. The third-order valence-corrected chi connectivity index (χ3v) is 5.75. The number of alkyl halides is 3. The van der Waals surface area contributed by atoms with E-state index in [4.69, 9.17) is 11.6 Å². The number of hydrogen-bond donors (Lipinski definition) is 1. The van der Waals surface area contributed by atoms with Gasteiger partial charge in [-0.1, -0.05) is 35.9 Å². The fourth-order valence-electron chi connectivity index (χ4n) is 3.86. The first-order valence-electron chi connectivity index (χ1n) is 10.3. The Morgan fingerprint density at radius 2 is 1.73 bits per heavy atom. The number of carbonyl (C=O) groups excluding carboxylic acids is 2. The second kappa shape index (κ2) is 9.27. The highest BCUT2D eigenvalue weighted by atomic mass is 35.5. The number of amides is 2. The van der Waals surface area contributed by atoms with Crippen LogP contribution in [0.1, 0.15) is 28.9 Å². The van der Waals surface area contributed by atoms with E-state index < -0.39 is 23.3 Å². The Bertz CT molecular complexity index is 1160. The third-order valence-electron chi connectivity index (χ3n) is 5.52. The first-order chi connectivity index (χ1) is 15.7. The van der Waals surface area contributed by atoms with Crippen LogP contribution in [-0.4, -0.2) is 39.6 Å². The Hall–Kier alpha value is -3.33. The first-order valence-corrected chi connectivity index (χ1v) is 10.7. The molecule has 0 spiro atoms. The number of likely N-dealkylation sites (tertiary alicyclic amines) is 1. The Morgan fingerprint density at radius 3 is 2.36 bits per heavy atom. The van der Waals surface area contributed by atoms with E-state index in [0.717, 1.165) is 6.20 Å². The largest absolute Gasteiger partial charge is 0.434 e. The van der Waals surface area contributed by atoms with Gasteiger partial charge < -0.3 is 10.2 Å². The van der Waals surface area contributed by atoms with Crippen molar-refractivity contribution in [3.63, 3.8) is 0 Å². The molecule has 1 saturated heterocycles. The molecule has 172 valence electrons. The van der Waals surface area contributed by atoms with Gasteiger partial charge in [-0.3, -0.25) is 9.59 Å². The molecule has 6 nitrogen and oxygen atoms in total. The molecule has 1 aliphatic heterocycles. The summed E-state index contributed by atoms with van der Waals surface area (Å²) in [5, 5.41) is 6.90. The maximum atomic E-state index is 13.9. The quantitative estimate of drug-likeness (QED) is 0.574. The standard InChI is InChI=1S/C23H20ClF3N4O2/c24-16-5-4-8-18(13-16)31-20(23(25,26)27)19(14-28-31)22(33)30-11-9-15(10-12-30)21(32)29-17-6-2-1-3-7-17/h1-8,13-15H,9-12H2,(H,29,32). The van der Waals surface area contributed by atoms with Crippen LogP contribution in [0.4, 0.5) is 18.9 Å². The fraction of sp³-hybridized carbons (Fsp3) is 0.261. The molecule has 1 aromatic heterocycles. The van der Waals surface area contributed by atoms with Crippen molar-refractivity contribution in [1.29, 1.82) is 0 Å². The zero-order valence-corrected chi connectivity index (χ0v) is 18.1. The molecule has 0 bridgehead atoms. The lowest BCUT2D eigenvalue weighted by atomic mass is 9.95. The van der Waals surface area contributed by atoms with Crippen molar-refractivity contribution in [2.24, 2.45) is 5.92 Å². The van der Waals surface area contributed by atoms with Crippen molar-refractivity contribution in [2.75, 3.05) is 18.4 Å². The van der Waals surface area contributed by atoms with E-state index in [1.165, 1.54) is 29.2 Å². The van der Waals surface area contributed by atoms with Gasteiger partial charge in [0, 0.05) is 29.7 Å². The number of hydrogen-bond acceptors (Lipinski definition) is 3. The monoisotopic (exact) mass is 476 g/mol. The predicted octanol–water partition coefficient (Wildman–Crippen LogP) is 5.04. The SMILES string of the molecule is O=C(Nc1ccccc1)C1CCN(C(=O)c2cnn(-c3cccc(Cl)c3)c2C(F)(F)F)CC1. The molecule has 0 saturated carbocycles. The van der Waals surface area contributed by atoms with Gasteiger partial charge in [-0.25, -0.2) is 4.68 Å². The van der Waals surface area contributed by atoms with E-state index >= 15 is 0 Å². The van der Waals surface area contributed by atoms with Gasteiger partial charge >= 0.3 is 6.18 Å². The van der Waals surface area contributed by atoms with E-state index in [-0.39, 0.29) is 35.6 Å². The van der Waals surface area contributed by atoms with Gasteiger partial charge in [0.05, 0.1) is 17.4 Å².